The molecule has 0 aliphatic heterocycles. The standard InChI is InChI=1S/C13H14ClNO2/c1-7(5-12(16)17)13-8(2)15-11-4-3-9(14)6-10(11)13/h3-4,6-7,15H,5H2,1-2H3,(H,16,17). The number of carboxylic acid groups (broad SMARTS) is 1. The first-order valence-corrected chi connectivity index (χ1v) is 5.86. The van der Waals surface area contributed by atoms with Crippen molar-refractivity contribution >= 4 is 28.5 Å². The Hall–Kier alpha value is -1.48. The van der Waals surface area contributed by atoms with Crippen LogP contribution < -0.4 is 0 Å². The van der Waals surface area contributed by atoms with Gasteiger partial charge in [-0.2, -0.15) is 0 Å². The van der Waals surface area contributed by atoms with Crippen LogP contribution in [0.15, 0.2) is 18.2 Å². The molecule has 0 aliphatic carbocycles. The second kappa shape index (κ2) is 4.41. The number of H-pyrrole nitrogens is 1. The van der Waals surface area contributed by atoms with E-state index < -0.39 is 5.97 Å². The van der Waals surface area contributed by atoms with Gasteiger partial charge in [0.2, 0.25) is 0 Å². The van der Waals surface area contributed by atoms with E-state index in [1.165, 1.54) is 0 Å². The molecule has 0 saturated heterocycles. The molecule has 0 saturated carbocycles. The third-order valence-electron chi connectivity index (χ3n) is 2.97. The van der Waals surface area contributed by atoms with Gasteiger partial charge < -0.3 is 10.1 Å². The van der Waals surface area contributed by atoms with Crippen molar-refractivity contribution < 1.29 is 9.90 Å². The van der Waals surface area contributed by atoms with E-state index in [0.29, 0.717) is 5.02 Å². The Kier molecular flexibility index (Phi) is 3.11. The average molecular weight is 252 g/mol. The van der Waals surface area contributed by atoms with Crippen LogP contribution in [-0.2, 0) is 4.79 Å². The lowest BCUT2D eigenvalue weighted by molar-refractivity contribution is -0.137. The SMILES string of the molecule is Cc1[nH]c2ccc(Cl)cc2c1C(C)CC(=O)O. The predicted octanol–water partition coefficient (Wildman–Crippen LogP) is 3.71. The van der Waals surface area contributed by atoms with Crippen LogP contribution in [0.2, 0.25) is 5.02 Å². The molecule has 1 heterocycles. The van der Waals surface area contributed by atoms with E-state index in [-0.39, 0.29) is 12.3 Å². The molecule has 0 amide bonds. The van der Waals surface area contributed by atoms with Gasteiger partial charge in [-0.1, -0.05) is 18.5 Å². The van der Waals surface area contributed by atoms with Gasteiger partial charge in [0.05, 0.1) is 6.42 Å². The molecule has 1 aromatic carbocycles. The van der Waals surface area contributed by atoms with Crippen molar-refractivity contribution in [2.45, 2.75) is 26.2 Å². The Bertz CT molecular complexity index is 574. The number of benzene rings is 1. The van der Waals surface area contributed by atoms with Crippen LogP contribution >= 0.6 is 11.6 Å². The summed E-state index contributed by atoms with van der Waals surface area (Å²) in [5.41, 5.74) is 3.06. The number of rotatable bonds is 3. The Labute approximate surface area is 104 Å². The molecule has 17 heavy (non-hydrogen) atoms. The van der Waals surface area contributed by atoms with Crippen molar-refractivity contribution in [2.75, 3.05) is 0 Å². The van der Waals surface area contributed by atoms with Crippen molar-refractivity contribution in [1.29, 1.82) is 0 Å². The lowest BCUT2D eigenvalue weighted by Crippen LogP contribution is -2.03. The van der Waals surface area contributed by atoms with Gasteiger partial charge in [0.1, 0.15) is 0 Å². The zero-order valence-corrected chi connectivity index (χ0v) is 10.5. The number of fused-ring (bicyclic) bond motifs is 1. The minimum Gasteiger partial charge on any atom is -0.481 e. The Morgan fingerprint density at radius 3 is 2.88 bits per heavy atom. The predicted molar refractivity (Wildman–Crippen MR) is 68.7 cm³/mol. The van der Waals surface area contributed by atoms with Crippen molar-refractivity contribution in [3.05, 3.63) is 34.5 Å². The van der Waals surface area contributed by atoms with E-state index in [1.807, 2.05) is 32.0 Å². The number of carboxylic acids is 1. The normalized spacial score (nSPS) is 12.9. The largest absolute Gasteiger partial charge is 0.481 e. The van der Waals surface area contributed by atoms with Gasteiger partial charge in [0.15, 0.2) is 0 Å². The summed E-state index contributed by atoms with van der Waals surface area (Å²) in [6.07, 6.45) is 0.125. The van der Waals surface area contributed by atoms with Crippen LogP contribution in [-0.4, -0.2) is 16.1 Å². The summed E-state index contributed by atoms with van der Waals surface area (Å²) in [7, 11) is 0. The van der Waals surface area contributed by atoms with Crippen LogP contribution in [0, 0.1) is 6.92 Å². The zero-order valence-electron chi connectivity index (χ0n) is 9.75. The number of hydrogen-bond acceptors (Lipinski definition) is 1. The summed E-state index contributed by atoms with van der Waals surface area (Å²) in [6.45, 7) is 3.88. The summed E-state index contributed by atoms with van der Waals surface area (Å²) in [4.78, 5) is 14.0. The number of aromatic nitrogens is 1. The number of aryl methyl sites for hydroxylation is 1. The highest BCUT2D eigenvalue weighted by atomic mass is 35.5. The van der Waals surface area contributed by atoms with Crippen LogP contribution in [0.5, 0.6) is 0 Å². The molecule has 0 fully saturated rings. The first-order valence-electron chi connectivity index (χ1n) is 5.48. The molecular formula is C13H14ClNO2. The molecule has 0 radical (unpaired) electrons. The van der Waals surface area contributed by atoms with Gasteiger partial charge in [0.25, 0.3) is 0 Å². The van der Waals surface area contributed by atoms with Crippen LogP contribution in [0.1, 0.15) is 30.5 Å². The van der Waals surface area contributed by atoms with Crippen molar-refractivity contribution in [3.63, 3.8) is 0 Å². The molecule has 2 N–H and O–H groups in total. The average Bonchev–Trinajstić information content (AvgIpc) is 2.52. The van der Waals surface area contributed by atoms with E-state index in [4.69, 9.17) is 16.7 Å². The smallest absolute Gasteiger partial charge is 0.303 e. The zero-order chi connectivity index (χ0) is 12.6. The monoisotopic (exact) mass is 251 g/mol. The lowest BCUT2D eigenvalue weighted by Gasteiger charge is -2.09. The molecule has 1 unspecified atom stereocenters. The number of carbonyl (C=O) groups is 1. The summed E-state index contributed by atoms with van der Waals surface area (Å²) >= 11 is 5.98. The van der Waals surface area contributed by atoms with Crippen molar-refractivity contribution in [1.82, 2.24) is 4.98 Å². The van der Waals surface area contributed by atoms with E-state index in [9.17, 15) is 4.79 Å². The summed E-state index contributed by atoms with van der Waals surface area (Å²) < 4.78 is 0. The Morgan fingerprint density at radius 2 is 2.24 bits per heavy atom. The fourth-order valence-corrected chi connectivity index (χ4v) is 2.49. The highest BCUT2D eigenvalue weighted by Crippen LogP contribution is 2.32. The van der Waals surface area contributed by atoms with Crippen molar-refractivity contribution in [2.24, 2.45) is 0 Å². The van der Waals surface area contributed by atoms with Crippen molar-refractivity contribution in [3.8, 4) is 0 Å². The minimum absolute atomic E-state index is 0.0280. The van der Waals surface area contributed by atoms with Gasteiger partial charge in [-0.05, 0) is 36.6 Å². The molecule has 1 aromatic heterocycles. The summed E-state index contributed by atoms with van der Waals surface area (Å²) in [5, 5.41) is 10.5. The van der Waals surface area contributed by atoms with E-state index in [2.05, 4.69) is 4.98 Å². The summed E-state index contributed by atoms with van der Waals surface area (Å²) in [5.74, 6) is -0.812. The molecule has 2 rings (SSSR count). The van der Waals surface area contributed by atoms with Crippen LogP contribution in [0.4, 0.5) is 0 Å². The molecule has 0 bridgehead atoms. The first-order chi connectivity index (χ1) is 7.99. The molecular weight excluding hydrogens is 238 g/mol. The third-order valence-corrected chi connectivity index (χ3v) is 3.21. The van der Waals surface area contributed by atoms with Crippen LogP contribution in [0.3, 0.4) is 0 Å². The number of nitrogens with one attached hydrogen (secondary N) is 1. The maximum Gasteiger partial charge on any atom is 0.303 e. The molecule has 2 aromatic rings. The number of hydrogen-bond donors (Lipinski definition) is 2. The molecule has 90 valence electrons. The molecule has 3 nitrogen and oxygen atoms in total. The number of halogens is 1. The summed E-state index contributed by atoms with van der Waals surface area (Å²) in [6, 6.07) is 5.63. The van der Waals surface area contributed by atoms with Gasteiger partial charge in [-0.25, -0.2) is 0 Å². The topological polar surface area (TPSA) is 53.1 Å². The fraction of sp³-hybridized carbons (Fsp3) is 0.308. The van der Waals surface area contributed by atoms with E-state index >= 15 is 0 Å². The Morgan fingerprint density at radius 1 is 1.53 bits per heavy atom. The van der Waals surface area contributed by atoms with Gasteiger partial charge >= 0.3 is 5.97 Å². The minimum atomic E-state index is -0.784. The highest BCUT2D eigenvalue weighted by Gasteiger charge is 2.17. The second-order valence-corrected chi connectivity index (χ2v) is 4.79. The first kappa shape index (κ1) is 12.0. The molecule has 1 atom stereocenters. The maximum atomic E-state index is 10.8. The Balaban J connectivity index is 2.55. The quantitative estimate of drug-likeness (QED) is 0.874. The van der Waals surface area contributed by atoms with E-state index in [0.717, 1.165) is 22.2 Å². The van der Waals surface area contributed by atoms with E-state index in [1.54, 1.807) is 0 Å². The lowest BCUT2D eigenvalue weighted by atomic mass is 9.95. The fourth-order valence-electron chi connectivity index (χ4n) is 2.32. The molecule has 0 spiro atoms. The number of aliphatic carboxylic acids is 1. The maximum absolute atomic E-state index is 10.8. The molecule has 4 heteroatoms. The van der Waals surface area contributed by atoms with Crippen LogP contribution in [0.25, 0.3) is 10.9 Å². The highest BCUT2D eigenvalue weighted by molar-refractivity contribution is 6.31. The third kappa shape index (κ3) is 2.29. The van der Waals surface area contributed by atoms with Gasteiger partial charge in [-0.3, -0.25) is 4.79 Å². The molecule has 0 aliphatic rings. The van der Waals surface area contributed by atoms with Gasteiger partial charge in [0, 0.05) is 21.6 Å². The number of aromatic amines is 1. The van der Waals surface area contributed by atoms with Gasteiger partial charge in [-0.15, -0.1) is 0 Å². The second-order valence-electron chi connectivity index (χ2n) is 4.35.